The van der Waals surface area contributed by atoms with Gasteiger partial charge < -0.3 is 0 Å². The van der Waals surface area contributed by atoms with Crippen molar-refractivity contribution in [2.45, 2.75) is 26.7 Å². The fourth-order valence-electron chi connectivity index (χ4n) is 0.610. The molecule has 48 valence electrons. The lowest BCUT2D eigenvalue weighted by atomic mass is 10.1. The molecule has 0 aliphatic rings. The summed E-state index contributed by atoms with van der Waals surface area (Å²) in [5.41, 5.74) is 0. The molecule has 0 aromatic carbocycles. The van der Waals surface area contributed by atoms with Gasteiger partial charge in [0, 0.05) is 5.92 Å². The van der Waals surface area contributed by atoms with E-state index >= 15 is 0 Å². The standard InChI is InChI=1S/C6H11ClS/c1-3-5(4-2)6(7)8/h5H,3-4H2,1-2H3. The Hall–Kier alpha value is 0.380. The molecule has 0 N–H and O–H groups in total. The fraction of sp³-hybridized carbons (Fsp3) is 0.833. The molecule has 0 unspecified atom stereocenters. The van der Waals surface area contributed by atoms with Crippen molar-refractivity contribution in [3.05, 3.63) is 0 Å². The molecule has 0 amide bonds. The van der Waals surface area contributed by atoms with Crippen LogP contribution in [-0.2, 0) is 0 Å². The van der Waals surface area contributed by atoms with E-state index in [1.807, 2.05) is 0 Å². The third kappa shape index (κ3) is 2.63. The highest BCUT2D eigenvalue weighted by molar-refractivity contribution is 7.83. The smallest absolute Gasteiger partial charge is 0.0762 e. The van der Waals surface area contributed by atoms with Crippen LogP contribution < -0.4 is 0 Å². The average Bonchev–Trinajstić information content (AvgIpc) is 1.69. The van der Waals surface area contributed by atoms with E-state index in [9.17, 15) is 0 Å². The Labute approximate surface area is 61.2 Å². The molecule has 0 aromatic heterocycles. The van der Waals surface area contributed by atoms with Gasteiger partial charge in [0.2, 0.25) is 0 Å². The molecule has 0 rings (SSSR count). The van der Waals surface area contributed by atoms with Crippen molar-refractivity contribution in [3.63, 3.8) is 0 Å². The van der Waals surface area contributed by atoms with E-state index in [0.717, 1.165) is 12.8 Å². The molecule has 0 heterocycles. The SMILES string of the molecule is CCC(CC)C(=S)Cl. The van der Waals surface area contributed by atoms with Gasteiger partial charge in [0.05, 0.1) is 4.32 Å². The van der Waals surface area contributed by atoms with Gasteiger partial charge in [-0.05, 0) is 12.8 Å². The van der Waals surface area contributed by atoms with Crippen LogP contribution in [0.5, 0.6) is 0 Å². The first-order chi connectivity index (χ1) is 3.72. The topological polar surface area (TPSA) is 0 Å². The van der Waals surface area contributed by atoms with E-state index in [4.69, 9.17) is 23.8 Å². The third-order valence-electron chi connectivity index (χ3n) is 1.31. The van der Waals surface area contributed by atoms with Gasteiger partial charge >= 0.3 is 0 Å². The largest absolute Gasteiger partial charge is 0.0839 e. The summed E-state index contributed by atoms with van der Waals surface area (Å²) in [5, 5.41) is 0. The summed E-state index contributed by atoms with van der Waals surface area (Å²) in [6.45, 7) is 4.20. The molecule has 0 spiro atoms. The minimum Gasteiger partial charge on any atom is -0.0762 e. The number of rotatable bonds is 3. The van der Waals surface area contributed by atoms with Gasteiger partial charge in [0.1, 0.15) is 0 Å². The number of thiocarbonyl (C=S) groups is 1. The Morgan fingerprint density at radius 3 is 1.88 bits per heavy atom. The lowest BCUT2D eigenvalue weighted by molar-refractivity contribution is 0.657. The van der Waals surface area contributed by atoms with Crippen molar-refractivity contribution in [2.24, 2.45) is 5.92 Å². The Kier molecular flexibility index (Phi) is 4.48. The van der Waals surface area contributed by atoms with Crippen LogP contribution in [0.25, 0.3) is 0 Å². The summed E-state index contributed by atoms with van der Waals surface area (Å²) in [7, 11) is 0. The molecular formula is C6H11ClS. The van der Waals surface area contributed by atoms with E-state index in [1.165, 1.54) is 0 Å². The van der Waals surface area contributed by atoms with Crippen LogP contribution in [0.15, 0.2) is 0 Å². The number of halogens is 1. The van der Waals surface area contributed by atoms with Gasteiger partial charge in [-0.1, -0.05) is 37.7 Å². The molecule has 0 atom stereocenters. The summed E-state index contributed by atoms with van der Waals surface area (Å²) in [5.74, 6) is 0.451. The molecule has 0 aliphatic carbocycles. The second kappa shape index (κ2) is 4.28. The summed E-state index contributed by atoms with van der Waals surface area (Å²) in [6, 6.07) is 0. The van der Waals surface area contributed by atoms with Crippen LogP contribution in [0.3, 0.4) is 0 Å². The van der Waals surface area contributed by atoms with Gasteiger partial charge in [-0.2, -0.15) is 0 Å². The second-order valence-electron chi connectivity index (χ2n) is 1.82. The molecule has 0 bridgehead atoms. The minimum absolute atomic E-state index is 0.451. The third-order valence-corrected chi connectivity index (χ3v) is 1.95. The molecule has 0 fully saturated rings. The Morgan fingerprint density at radius 2 is 1.88 bits per heavy atom. The van der Waals surface area contributed by atoms with Gasteiger partial charge in [-0.15, -0.1) is 0 Å². The molecular weight excluding hydrogens is 140 g/mol. The van der Waals surface area contributed by atoms with Gasteiger partial charge in [-0.25, -0.2) is 0 Å². The maximum absolute atomic E-state index is 5.58. The van der Waals surface area contributed by atoms with E-state index < -0.39 is 0 Å². The van der Waals surface area contributed by atoms with E-state index in [0.29, 0.717) is 10.2 Å². The lowest BCUT2D eigenvalue weighted by Gasteiger charge is -2.05. The predicted molar refractivity (Wildman–Crippen MR) is 42.5 cm³/mol. The van der Waals surface area contributed by atoms with Crippen molar-refractivity contribution < 1.29 is 0 Å². The Morgan fingerprint density at radius 1 is 1.50 bits per heavy atom. The van der Waals surface area contributed by atoms with Crippen LogP contribution in [0.4, 0.5) is 0 Å². The van der Waals surface area contributed by atoms with Gasteiger partial charge in [0.25, 0.3) is 0 Å². The van der Waals surface area contributed by atoms with Gasteiger partial charge in [0.15, 0.2) is 0 Å². The van der Waals surface area contributed by atoms with Crippen LogP contribution in [-0.4, -0.2) is 4.32 Å². The lowest BCUT2D eigenvalue weighted by Crippen LogP contribution is -2.02. The number of hydrogen-bond donors (Lipinski definition) is 0. The van der Waals surface area contributed by atoms with Crippen molar-refractivity contribution >= 4 is 28.1 Å². The first-order valence-electron chi connectivity index (χ1n) is 2.91. The average molecular weight is 151 g/mol. The van der Waals surface area contributed by atoms with E-state index in [2.05, 4.69) is 13.8 Å². The molecule has 0 saturated heterocycles. The van der Waals surface area contributed by atoms with Crippen molar-refractivity contribution in [2.75, 3.05) is 0 Å². The highest BCUT2D eigenvalue weighted by Crippen LogP contribution is 2.12. The maximum Gasteiger partial charge on any atom is 0.0839 e. The van der Waals surface area contributed by atoms with E-state index in [1.54, 1.807) is 0 Å². The molecule has 0 aromatic rings. The molecule has 0 nitrogen and oxygen atoms in total. The maximum atomic E-state index is 5.58. The van der Waals surface area contributed by atoms with Crippen LogP contribution in [0, 0.1) is 5.92 Å². The monoisotopic (exact) mass is 150 g/mol. The summed E-state index contributed by atoms with van der Waals surface area (Å²) in [6.07, 6.45) is 2.14. The molecule has 2 heteroatoms. The quantitative estimate of drug-likeness (QED) is 0.440. The molecule has 0 saturated carbocycles. The van der Waals surface area contributed by atoms with Crippen LogP contribution in [0.2, 0.25) is 0 Å². The zero-order chi connectivity index (χ0) is 6.57. The summed E-state index contributed by atoms with van der Waals surface area (Å²) < 4.78 is 0.634. The zero-order valence-electron chi connectivity index (χ0n) is 5.28. The fourth-order valence-corrected chi connectivity index (χ4v) is 1.25. The van der Waals surface area contributed by atoms with Crippen LogP contribution in [0.1, 0.15) is 26.7 Å². The van der Waals surface area contributed by atoms with Crippen molar-refractivity contribution in [3.8, 4) is 0 Å². The van der Waals surface area contributed by atoms with Crippen molar-refractivity contribution in [1.82, 2.24) is 0 Å². The summed E-state index contributed by atoms with van der Waals surface area (Å²) in [4.78, 5) is 0. The molecule has 8 heavy (non-hydrogen) atoms. The Balaban J connectivity index is 3.52. The zero-order valence-corrected chi connectivity index (χ0v) is 6.85. The highest BCUT2D eigenvalue weighted by Gasteiger charge is 2.05. The first-order valence-corrected chi connectivity index (χ1v) is 3.70. The molecule has 0 aliphatic heterocycles. The van der Waals surface area contributed by atoms with Gasteiger partial charge in [-0.3, -0.25) is 0 Å². The normalized spacial score (nSPS) is 10.0. The Bertz CT molecular complexity index is 76.6. The van der Waals surface area contributed by atoms with Crippen molar-refractivity contribution in [1.29, 1.82) is 0 Å². The predicted octanol–water partition coefficient (Wildman–Crippen LogP) is 2.99. The number of hydrogen-bond acceptors (Lipinski definition) is 1. The molecule has 0 radical (unpaired) electrons. The highest BCUT2D eigenvalue weighted by atomic mass is 35.5. The second-order valence-corrected chi connectivity index (χ2v) is 2.89. The van der Waals surface area contributed by atoms with E-state index in [-0.39, 0.29) is 0 Å². The summed E-state index contributed by atoms with van der Waals surface area (Å²) >= 11 is 10.4. The first kappa shape index (κ1) is 8.38. The van der Waals surface area contributed by atoms with Crippen LogP contribution >= 0.6 is 23.8 Å². The minimum atomic E-state index is 0.451.